The molecule has 0 spiro atoms. The van der Waals surface area contributed by atoms with Crippen molar-refractivity contribution in [2.24, 2.45) is 0 Å². The summed E-state index contributed by atoms with van der Waals surface area (Å²) in [5, 5.41) is 15.7. The highest BCUT2D eigenvalue weighted by Gasteiger charge is 2.49. The maximum Gasteiger partial charge on any atom is 0.534 e. The van der Waals surface area contributed by atoms with Crippen LogP contribution >= 0.6 is 0 Å². The first-order chi connectivity index (χ1) is 10.5. The summed E-state index contributed by atoms with van der Waals surface area (Å²) in [6, 6.07) is 2.71. The maximum absolute atomic E-state index is 12.5. The fraction of sp³-hybridized carbons (Fsp3) is 0.333. The van der Waals surface area contributed by atoms with E-state index < -0.39 is 21.4 Å². The summed E-state index contributed by atoms with van der Waals surface area (Å²) in [5.74, 6) is -0.637. The van der Waals surface area contributed by atoms with E-state index in [1.165, 1.54) is 6.20 Å². The predicted molar refractivity (Wildman–Crippen MR) is 74.3 cm³/mol. The highest BCUT2D eigenvalue weighted by Crippen LogP contribution is 2.32. The molecule has 0 fully saturated rings. The molecule has 0 aromatic carbocycles. The van der Waals surface area contributed by atoms with Crippen molar-refractivity contribution in [2.45, 2.75) is 25.4 Å². The summed E-state index contributed by atoms with van der Waals surface area (Å²) in [4.78, 5) is 0. The lowest BCUT2D eigenvalue weighted by atomic mass is 10.2. The molecule has 0 saturated carbocycles. The molecular formula is C12H11F3N4O3S. The molecular weight excluding hydrogens is 337 g/mol. The van der Waals surface area contributed by atoms with Gasteiger partial charge in [-0.15, -0.1) is 0 Å². The minimum atomic E-state index is -5.87. The van der Waals surface area contributed by atoms with Crippen LogP contribution in [0.15, 0.2) is 18.5 Å². The van der Waals surface area contributed by atoms with E-state index in [-0.39, 0.29) is 22.8 Å². The molecule has 0 aliphatic carbocycles. The summed E-state index contributed by atoms with van der Waals surface area (Å²) in [5.41, 5.74) is -5.59. The molecule has 0 unspecified atom stereocenters. The maximum atomic E-state index is 12.5. The number of rotatable bonds is 4. The van der Waals surface area contributed by atoms with Crippen molar-refractivity contribution >= 4 is 21.3 Å². The number of pyridine rings is 1. The Hall–Kier alpha value is -2.48. The third-order valence-corrected chi connectivity index (χ3v) is 3.60. The van der Waals surface area contributed by atoms with Gasteiger partial charge in [-0.3, -0.25) is 0 Å². The first-order valence-corrected chi connectivity index (χ1v) is 7.65. The molecule has 11 heteroatoms. The Morgan fingerprint density at radius 2 is 2.09 bits per heavy atom. The fourth-order valence-corrected chi connectivity index (χ4v) is 2.27. The zero-order chi connectivity index (χ0) is 17.4. The first-order valence-electron chi connectivity index (χ1n) is 6.24. The SMILES string of the molecule is CC(C)Nc1cc(OS(=O)(=O)C(F)(F)F)c2c(C#N)cnn2c1. The second kappa shape index (κ2) is 5.62. The number of halogens is 3. The molecule has 2 heterocycles. The molecule has 2 rings (SSSR count). The van der Waals surface area contributed by atoms with Gasteiger partial charge >= 0.3 is 15.6 Å². The van der Waals surface area contributed by atoms with E-state index in [9.17, 15) is 21.6 Å². The zero-order valence-corrected chi connectivity index (χ0v) is 12.7. The summed E-state index contributed by atoms with van der Waals surface area (Å²) in [7, 11) is -5.87. The molecule has 2 aromatic heterocycles. The van der Waals surface area contributed by atoms with Gasteiger partial charge in [0, 0.05) is 12.1 Å². The van der Waals surface area contributed by atoms with Crippen LogP contribution in [0.5, 0.6) is 5.75 Å². The third kappa shape index (κ3) is 3.31. The first kappa shape index (κ1) is 16.9. The Kier molecular flexibility index (Phi) is 4.12. The van der Waals surface area contributed by atoms with Crippen LogP contribution < -0.4 is 9.50 Å². The Labute approximate surface area is 129 Å². The number of hydrogen-bond donors (Lipinski definition) is 1. The van der Waals surface area contributed by atoms with E-state index in [4.69, 9.17) is 5.26 Å². The molecule has 2 aromatic rings. The van der Waals surface area contributed by atoms with Gasteiger partial charge < -0.3 is 9.50 Å². The fourth-order valence-electron chi connectivity index (χ4n) is 1.81. The molecule has 23 heavy (non-hydrogen) atoms. The second-order valence-electron chi connectivity index (χ2n) is 4.84. The second-order valence-corrected chi connectivity index (χ2v) is 6.38. The number of alkyl halides is 3. The number of hydrogen-bond acceptors (Lipinski definition) is 6. The van der Waals surface area contributed by atoms with Gasteiger partial charge in [-0.05, 0) is 13.8 Å². The minimum Gasteiger partial charge on any atom is -0.382 e. The molecule has 0 saturated heterocycles. The summed E-state index contributed by atoms with van der Waals surface area (Å²) < 4.78 is 65.3. The zero-order valence-electron chi connectivity index (χ0n) is 11.9. The van der Waals surface area contributed by atoms with Crippen LogP contribution in [-0.4, -0.2) is 29.6 Å². The van der Waals surface area contributed by atoms with Crippen LogP contribution in [0, 0.1) is 11.3 Å². The quantitative estimate of drug-likeness (QED) is 0.672. The van der Waals surface area contributed by atoms with Crippen LogP contribution in [-0.2, 0) is 10.1 Å². The monoisotopic (exact) mass is 348 g/mol. The lowest BCUT2D eigenvalue weighted by Crippen LogP contribution is -2.28. The molecule has 1 N–H and O–H groups in total. The Morgan fingerprint density at radius 3 is 2.61 bits per heavy atom. The molecule has 0 aliphatic rings. The van der Waals surface area contributed by atoms with E-state index in [0.717, 1.165) is 16.8 Å². The lowest BCUT2D eigenvalue weighted by molar-refractivity contribution is -0.0499. The summed E-state index contributed by atoms with van der Waals surface area (Å²) >= 11 is 0. The Bertz CT molecular complexity index is 881. The van der Waals surface area contributed by atoms with Crippen molar-refractivity contribution in [3.63, 3.8) is 0 Å². The minimum absolute atomic E-state index is 0.0782. The lowest BCUT2D eigenvalue weighted by Gasteiger charge is -2.14. The topological polar surface area (TPSA) is 96.5 Å². The molecule has 0 atom stereocenters. The molecule has 7 nitrogen and oxygen atoms in total. The Balaban J connectivity index is 2.64. The van der Waals surface area contributed by atoms with Crippen LogP contribution in [0.2, 0.25) is 0 Å². The molecule has 0 aliphatic heterocycles. The largest absolute Gasteiger partial charge is 0.534 e. The van der Waals surface area contributed by atoms with E-state index in [1.807, 2.05) is 0 Å². The number of nitrogens with one attached hydrogen (secondary N) is 1. The smallest absolute Gasteiger partial charge is 0.382 e. The van der Waals surface area contributed by atoms with Gasteiger partial charge in [0.2, 0.25) is 0 Å². The van der Waals surface area contributed by atoms with Crippen molar-refractivity contribution in [3.05, 3.63) is 24.0 Å². The average Bonchev–Trinajstić information content (AvgIpc) is 2.79. The van der Waals surface area contributed by atoms with Crippen LogP contribution in [0.4, 0.5) is 18.9 Å². The number of nitrogens with zero attached hydrogens (tertiary/aromatic N) is 3. The van der Waals surface area contributed by atoms with Gasteiger partial charge in [0.05, 0.1) is 18.1 Å². The number of nitriles is 1. The van der Waals surface area contributed by atoms with E-state index in [2.05, 4.69) is 14.6 Å². The van der Waals surface area contributed by atoms with Gasteiger partial charge in [-0.25, -0.2) is 4.52 Å². The van der Waals surface area contributed by atoms with Gasteiger partial charge in [-0.2, -0.15) is 31.9 Å². The average molecular weight is 348 g/mol. The van der Waals surface area contributed by atoms with Gasteiger partial charge in [0.25, 0.3) is 0 Å². The van der Waals surface area contributed by atoms with Gasteiger partial charge in [-0.1, -0.05) is 0 Å². The van der Waals surface area contributed by atoms with E-state index >= 15 is 0 Å². The summed E-state index contributed by atoms with van der Waals surface area (Å²) in [6.07, 6.45) is 2.50. The van der Waals surface area contributed by atoms with Gasteiger partial charge in [0.15, 0.2) is 5.75 Å². The van der Waals surface area contributed by atoms with Crippen molar-refractivity contribution in [1.82, 2.24) is 9.61 Å². The Morgan fingerprint density at radius 1 is 1.43 bits per heavy atom. The van der Waals surface area contributed by atoms with Crippen molar-refractivity contribution in [3.8, 4) is 11.8 Å². The van der Waals surface area contributed by atoms with Crippen LogP contribution in [0.25, 0.3) is 5.52 Å². The molecule has 124 valence electrons. The number of aromatic nitrogens is 2. The van der Waals surface area contributed by atoms with Crippen LogP contribution in [0.3, 0.4) is 0 Å². The molecule has 0 amide bonds. The van der Waals surface area contributed by atoms with Crippen molar-refractivity contribution in [1.29, 1.82) is 5.26 Å². The van der Waals surface area contributed by atoms with E-state index in [1.54, 1.807) is 19.9 Å². The van der Waals surface area contributed by atoms with Crippen molar-refractivity contribution < 1.29 is 25.8 Å². The highest BCUT2D eigenvalue weighted by molar-refractivity contribution is 7.88. The number of fused-ring (bicyclic) bond motifs is 1. The standard InChI is InChI=1S/C12H11F3N4O3S/c1-7(2)18-9-3-10(22-23(20,21)12(13,14)15)11-8(4-16)5-17-19(11)6-9/h3,5-7,18H,1-2H3. The normalized spacial score (nSPS) is 12.4. The molecule has 0 bridgehead atoms. The van der Waals surface area contributed by atoms with Crippen LogP contribution in [0.1, 0.15) is 19.4 Å². The highest BCUT2D eigenvalue weighted by atomic mass is 32.2. The van der Waals surface area contributed by atoms with Gasteiger partial charge in [0.1, 0.15) is 17.1 Å². The van der Waals surface area contributed by atoms with Crippen molar-refractivity contribution in [2.75, 3.05) is 5.32 Å². The third-order valence-electron chi connectivity index (χ3n) is 2.64. The number of anilines is 1. The van der Waals surface area contributed by atoms with E-state index in [0.29, 0.717) is 0 Å². The summed E-state index contributed by atoms with van der Waals surface area (Å²) in [6.45, 7) is 3.56. The molecule has 0 radical (unpaired) electrons. The predicted octanol–water partition coefficient (Wildman–Crippen LogP) is 2.25.